The van der Waals surface area contributed by atoms with E-state index in [-0.39, 0.29) is 29.9 Å². The van der Waals surface area contributed by atoms with Gasteiger partial charge in [-0.1, -0.05) is 66.5 Å². The van der Waals surface area contributed by atoms with Gasteiger partial charge in [0.15, 0.2) is 5.11 Å². The highest BCUT2D eigenvalue weighted by Crippen LogP contribution is 2.32. The number of rotatable bonds is 8. The van der Waals surface area contributed by atoms with E-state index in [2.05, 4.69) is 6.92 Å². The van der Waals surface area contributed by atoms with E-state index in [1.807, 2.05) is 42.5 Å². The minimum Gasteiger partial charge on any atom is -0.487 e. The van der Waals surface area contributed by atoms with E-state index in [9.17, 15) is 9.59 Å². The van der Waals surface area contributed by atoms with Crippen LogP contribution >= 0.6 is 35.4 Å². The highest BCUT2D eigenvalue weighted by molar-refractivity contribution is 7.80. The molecule has 4 rings (SSSR count). The van der Waals surface area contributed by atoms with Crippen LogP contribution in [0.4, 0.5) is 5.69 Å². The van der Waals surface area contributed by atoms with Crippen molar-refractivity contribution in [1.29, 1.82) is 0 Å². The van der Waals surface area contributed by atoms with Crippen molar-refractivity contribution >= 4 is 64.2 Å². The fourth-order valence-corrected chi connectivity index (χ4v) is 4.57. The summed E-state index contributed by atoms with van der Waals surface area (Å²) in [4.78, 5) is 28.5. The Morgan fingerprint density at radius 2 is 1.76 bits per heavy atom. The summed E-state index contributed by atoms with van der Waals surface area (Å²) in [6.45, 7) is 2.10. The molecule has 0 aliphatic carbocycles. The number of hydrogen-bond donors (Lipinski definition) is 0. The van der Waals surface area contributed by atoms with Crippen LogP contribution in [-0.2, 0) is 27.4 Å². The van der Waals surface area contributed by atoms with Crippen LogP contribution < -0.4 is 9.64 Å². The number of halogens is 2. The first-order valence-electron chi connectivity index (χ1n) is 11.5. The van der Waals surface area contributed by atoms with Crippen LogP contribution in [0.3, 0.4) is 0 Å². The third-order valence-corrected chi connectivity index (χ3v) is 6.92. The van der Waals surface area contributed by atoms with Gasteiger partial charge in [0, 0.05) is 10.6 Å². The molecule has 0 atom stereocenters. The van der Waals surface area contributed by atoms with E-state index in [1.54, 1.807) is 30.3 Å². The molecule has 0 bridgehead atoms. The molecule has 6 nitrogen and oxygen atoms in total. The Hall–Kier alpha value is -3.39. The monoisotopic (exact) mass is 554 g/mol. The Labute approximate surface area is 231 Å². The fourth-order valence-electron chi connectivity index (χ4n) is 3.79. The summed E-state index contributed by atoms with van der Waals surface area (Å²) in [7, 11) is 1.29. The van der Waals surface area contributed by atoms with Crippen molar-refractivity contribution in [3.63, 3.8) is 0 Å². The molecular weight excluding hydrogens is 531 g/mol. The maximum atomic E-state index is 13.5. The third kappa shape index (κ3) is 5.96. The number of amides is 1. The van der Waals surface area contributed by atoms with Crippen molar-refractivity contribution in [1.82, 2.24) is 4.90 Å². The van der Waals surface area contributed by atoms with Crippen LogP contribution in [0.5, 0.6) is 5.75 Å². The number of anilines is 1. The second-order valence-electron chi connectivity index (χ2n) is 8.20. The Kier molecular flexibility index (Phi) is 8.48. The van der Waals surface area contributed by atoms with Crippen LogP contribution in [0.1, 0.15) is 23.6 Å². The van der Waals surface area contributed by atoms with Crippen LogP contribution in [-0.4, -0.2) is 35.5 Å². The molecule has 1 aliphatic heterocycles. The number of thiocarbonyl (C=S) groups is 1. The van der Waals surface area contributed by atoms with E-state index >= 15 is 0 Å². The van der Waals surface area contributed by atoms with E-state index in [4.69, 9.17) is 44.9 Å². The molecule has 1 amide bonds. The molecule has 0 N–H and O–H groups in total. The lowest BCUT2D eigenvalue weighted by molar-refractivity contribution is -0.140. The Balaban J connectivity index is 1.62. The molecule has 37 heavy (non-hydrogen) atoms. The molecule has 1 fully saturated rings. The summed E-state index contributed by atoms with van der Waals surface area (Å²) in [5.41, 5.74) is 3.46. The standard InChI is InChI=1S/C28H24Cl2N2O4S/c1-3-18-8-11-21(12-9-18)32-27(34)24(31(28(32)37)16-26(33)35-2)15-19-10-13-25(23(30)14-19)36-17-20-6-4-5-7-22(20)29/h4-15H,3,16-17H2,1-2H3/b24-15-. The number of methoxy groups -OCH3 is 1. The number of aryl methyl sites for hydroxylation is 1. The predicted molar refractivity (Wildman–Crippen MR) is 150 cm³/mol. The number of nitrogens with zero attached hydrogens (tertiary/aromatic N) is 2. The number of carbonyl (C=O) groups excluding carboxylic acids is 2. The predicted octanol–water partition coefficient (Wildman–Crippen LogP) is 6.28. The molecule has 9 heteroatoms. The summed E-state index contributed by atoms with van der Waals surface area (Å²) >= 11 is 18.3. The zero-order valence-corrected chi connectivity index (χ0v) is 22.6. The number of benzene rings is 3. The molecule has 3 aromatic rings. The second kappa shape index (κ2) is 11.8. The summed E-state index contributed by atoms with van der Waals surface area (Å²) in [6, 6.07) is 20.1. The number of hydrogen-bond acceptors (Lipinski definition) is 5. The van der Waals surface area contributed by atoms with Gasteiger partial charge in [0.05, 0.1) is 17.8 Å². The minimum atomic E-state index is -0.523. The molecule has 1 heterocycles. The average molecular weight is 555 g/mol. The Morgan fingerprint density at radius 3 is 2.41 bits per heavy atom. The third-order valence-electron chi connectivity index (χ3n) is 5.85. The Bertz CT molecular complexity index is 1370. The van der Waals surface area contributed by atoms with Gasteiger partial charge in [0.1, 0.15) is 24.6 Å². The first-order valence-corrected chi connectivity index (χ1v) is 12.7. The maximum Gasteiger partial charge on any atom is 0.325 e. The van der Waals surface area contributed by atoms with Gasteiger partial charge in [-0.25, -0.2) is 0 Å². The summed E-state index contributed by atoms with van der Waals surface area (Å²) in [5, 5.41) is 1.16. The topological polar surface area (TPSA) is 59.1 Å². The zero-order valence-electron chi connectivity index (χ0n) is 20.2. The number of carbonyl (C=O) groups is 2. The van der Waals surface area contributed by atoms with Gasteiger partial charge < -0.3 is 14.4 Å². The van der Waals surface area contributed by atoms with Crippen LogP contribution in [0.15, 0.2) is 72.4 Å². The van der Waals surface area contributed by atoms with Crippen molar-refractivity contribution < 1.29 is 19.1 Å². The molecule has 0 radical (unpaired) electrons. The van der Waals surface area contributed by atoms with E-state index < -0.39 is 5.97 Å². The van der Waals surface area contributed by atoms with Gasteiger partial charge in [-0.2, -0.15) is 0 Å². The Morgan fingerprint density at radius 1 is 1.03 bits per heavy atom. The number of esters is 1. The molecule has 190 valence electrons. The highest BCUT2D eigenvalue weighted by atomic mass is 35.5. The first-order chi connectivity index (χ1) is 17.8. The normalized spacial score (nSPS) is 14.4. The van der Waals surface area contributed by atoms with Crippen molar-refractivity contribution in [3.05, 3.63) is 99.2 Å². The van der Waals surface area contributed by atoms with Crippen molar-refractivity contribution in [3.8, 4) is 5.75 Å². The van der Waals surface area contributed by atoms with Crippen LogP contribution in [0, 0.1) is 0 Å². The summed E-state index contributed by atoms with van der Waals surface area (Å²) in [5.74, 6) is -0.403. The van der Waals surface area contributed by atoms with Crippen molar-refractivity contribution in [2.45, 2.75) is 20.0 Å². The quantitative estimate of drug-likeness (QED) is 0.185. The molecule has 0 spiro atoms. The van der Waals surface area contributed by atoms with Crippen LogP contribution in [0.2, 0.25) is 10.0 Å². The minimum absolute atomic E-state index is 0.191. The smallest absolute Gasteiger partial charge is 0.325 e. The average Bonchev–Trinajstić information content (AvgIpc) is 3.12. The lowest BCUT2D eigenvalue weighted by atomic mass is 10.1. The molecular formula is C28H24Cl2N2O4S. The van der Waals surface area contributed by atoms with Crippen molar-refractivity contribution in [2.75, 3.05) is 18.6 Å². The van der Waals surface area contributed by atoms with Gasteiger partial charge >= 0.3 is 5.97 Å². The molecule has 1 saturated heterocycles. The summed E-state index contributed by atoms with van der Waals surface area (Å²) < 4.78 is 10.7. The first kappa shape index (κ1) is 26.7. The maximum absolute atomic E-state index is 13.5. The second-order valence-corrected chi connectivity index (χ2v) is 9.38. The van der Waals surface area contributed by atoms with Gasteiger partial charge in [0.2, 0.25) is 0 Å². The van der Waals surface area contributed by atoms with Gasteiger partial charge in [-0.15, -0.1) is 0 Å². The van der Waals surface area contributed by atoms with Gasteiger partial charge in [0.25, 0.3) is 5.91 Å². The molecule has 3 aromatic carbocycles. The lowest BCUT2D eigenvalue weighted by Crippen LogP contribution is -2.35. The fraction of sp³-hybridized carbons (Fsp3) is 0.179. The zero-order chi connectivity index (χ0) is 26.5. The van der Waals surface area contributed by atoms with Gasteiger partial charge in [-0.3, -0.25) is 14.5 Å². The SMILES string of the molecule is CCc1ccc(N2C(=O)/C(=C/c3ccc(OCc4ccccc4Cl)c(Cl)c3)N(CC(=O)OC)C2=S)cc1. The molecule has 1 aliphatic rings. The molecule has 0 saturated carbocycles. The van der Waals surface area contributed by atoms with Crippen LogP contribution in [0.25, 0.3) is 6.08 Å². The summed E-state index contributed by atoms with van der Waals surface area (Å²) in [6.07, 6.45) is 2.51. The number of ether oxygens (including phenoxy) is 2. The van der Waals surface area contributed by atoms with Crippen molar-refractivity contribution in [2.24, 2.45) is 0 Å². The highest BCUT2D eigenvalue weighted by Gasteiger charge is 2.40. The lowest BCUT2D eigenvalue weighted by Gasteiger charge is -2.19. The van der Waals surface area contributed by atoms with Gasteiger partial charge in [-0.05, 0) is 66.2 Å². The van der Waals surface area contributed by atoms with E-state index in [0.29, 0.717) is 27.0 Å². The molecule has 0 aromatic heterocycles. The largest absolute Gasteiger partial charge is 0.487 e. The van der Waals surface area contributed by atoms with E-state index in [0.717, 1.165) is 17.5 Å². The van der Waals surface area contributed by atoms with E-state index in [1.165, 1.54) is 16.9 Å². The molecule has 0 unspecified atom stereocenters.